The molecular formula is C56H37NS. The topological polar surface area (TPSA) is 3.24 Å². The zero-order valence-corrected chi connectivity index (χ0v) is 32.5. The maximum absolute atomic E-state index is 2.42. The van der Waals surface area contributed by atoms with Crippen molar-refractivity contribution in [3.05, 3.63) is 224 Å². The molecule has 0 radical (unpaired) electrons. The molecule has 0 atom stereocenters. The van der Waals surface area contributed by atoms with E-state index in [1.165, 1.54) is 91.9 Å². The highest BCUT2D eigenvalue weighted by atomic mass is 32.1. The minimum absolute atomic E-state index is 1.12. The number of hydrogen-bond donors (Lipinski definition) is 0. The third-order valence-corrected chi connectivity index (χ3v) is 12.6. The number of anilines is 3. The van der Waals surface area contributed by atoms with Crippen LogP contribution in [0.2, 0.25) is 0 Å². The molecule has 58 heavy (non-hydrogen) atoms. The van der Waals surface area contributed by atoms with Crippen molar-refractivity contribution in [2.45, 2.75) is 0 Å². The third kappa shape index (κ3) is 6.21. The van der Waals surface area contributed by atoms with Crippen LogP contribution in [-0.4, -0.2) is 0 Å². The Morgan fingerprint density at radius 1 is 0.276 bits per heavy atom. The van der Waals surface area contributed by atoms with E-state index in [1.807, 2.05) is 11.3 Å². The van der Waals surface area contributed by atoms with Gasteiger partial charge in [-0.15, -0.1) is 11.3 Å². The predicted molar refractivity (Wildman–Crippen MR) is 251 cm³/mol. The highest BCUT2D eigenvalue weighted by Gasteiger charge is 2.18. The highest BCUT2D eigenvalue weighted by molar-refractivity contribution is 7.26. The van der Waals surface area contributed by atoms with Gasteiger partial charge in [-0.1, -0.05) is 164 Å². The summed E-state index contributed by atoms with van der Waals surface area (Å²) in [6, 6.07) is 81.9. The van der Waals surface area contributed by atoms with Crippen molar-refractivity contribution in [3.63, 3.8) is 0 Å². The molecule has 0 fully saturated rings. The van der Waals surface area contributed by atoms with Gasteiger partial charge in [-0.25, -0.2) is 0 Å². The minimum Gasteiger partial charge on any atom is -0.309 e. The van der Waals surface area contributed by atoms with Crippen LogP contribution < -0.4 is 4.90 Å². The molecule has 272 valence electrons. The molecule has 0 aliphatic heterocycles. The van der Waals surface area contributed by atoms with Gasteiger partial charge >= 0.3 is 0 Å². The molecule has 0 spiro atoms. The molecule has 11 aromatic rings. The largest absolute Gasteiger partial charge is 0.309 e. The Morgan fingerprint density at radius 3 is 1.12 bits per heavy atom. The van der Waals surface area contributed by atoms with Crippen molar-refractivity contribution >= 4 is 70.1 Å². The summed E-state index contributed by atoms with van der Waals surface area (Å²) < 4.78 is 2.58. The van der Waals surface area contributed by atoms with E-state index in [1.54, 1.807) is 0 Å². The van der Waals surface area contributed by atoms with E-state index in [0.717, 1.165) is 11.4 Å². The first-order valence-electron chi connectivity index (χ1n) is 19.8. The zero-order chi connectivity index (χ0) is 38.4. The molecule has 1 nitrogen and oxygen atoms in total. The van der Waals surface area contributed by atoms with Gasteiger partial charge in [-0.05, 0) is 127 Å². The van der Waals surface area contributed by atoms with Crippen molar-refractivity contribution in [1.82, 2.24) is 0 Å². The van der Waals surface area contributed by atoms with Gasteiger partial charge in [-0.3, -0.25) is 0 Å². The molecule has 10 aromatic carbocycles. The minimum atomic E-state index is 1.12. The molecule has 11 rings (SSSR count). The average molecular weight is 756 g/mol. The third-order valence-electron chi connectivity index (χ3n) is 11.4. The van der Waals surface area contributed by atoms with Crippen LogP contribution in [0, 0.1) is 0 Å². The molecule has 0 saturated heterocycles. The van der Waals surface area contributed by atoms with Gasteiger partial charge in [0.25, 0.3) is 0 Å². The summed E-state index contributed by atoms with van der Waals surface area (Å²) in [7, 11) is 0. The summed E-state index contributed by atoms with van der Waals surface area (Å²) in [5.74, 6) is 0. The summed E-state index contributed by atoms with van der Waals surface area (Å²) in [6.45, 7) is 0. The Bertz CT molecular complexity index is 3090. The predicted octanol–water partition coefficient (Wildman–Crippen LogP) is 16.5. The van der Waals surface area contributed by atoms with Crippen LogP contribution in [-0.2, 0) is 0 Å². The molecule has 0 aliphatic carbocycles. The van der Waals surface area contributed by atoms with Crippen LogP contribution >= 0.6 is 11.3 Å². The molecule has 0 N–H and O–H groups in total. The fourth-order valence-corrected chi connectivity index (χ4v) is 9.62. The Balaban J connectivity index is 0.956. The highest BCUT2D eigenvalue weighted by Crippen LogP contribution is 2.45. The number of fused-ring (bicyclic) bond motifs is 5. The second kappa shape index (κ2) is 14.4. The Kier molecular flexibility index (Phi) is 8.42. The van der Waals surface area contributed by atoms with Gasteiger partial charge in [0.2, 0.25) is 0 Å². The van der Waals surface area contributed by atoms with Crippen molar-refractivity contribution in [2.24, 2.45) is 0 Å². The van der Waals surface area contributed by atoms with Crippen LogP contribution in [0.5, 0.6) is 0 Å². The summed E-state index contributed by atoms with van der Waals surface area (Å²) in [4.78, 5) is 2.42. The van der Waals surface area contributed by atoms with Crippen LogP contribution in [0.3, 0.4) is 0 Å². The van der Waals surface area contributed by atoms with E-state index < -0.39 is 0 Å². The lowest BCUT2D eigenvalue weighted by Gasteiger charge is -2.26. The average Bonchev–Trinajstić information content (AvgIpc) is 3.69. The SMILES string of the molecule is c1ccc(-c2ccc3cc(-c4ccc(N(c5ccc(-c6ccc7cc(-c8ccccc8)ccc7c6)cc5)c5cccc6c5sc5ccccc56)cc4)ccc3c2)cc1. The molecule has 1 aromatic heterocycles. The van der Waals surface area contributed by atoms with E-state index in [-0.39, 0.29) is 0 Å². The normalized spacial score (nSPS) is 11.4. The molecule has 2 heteroatoms. The van der Waals surface area contributed by atoms with E-state index >= 15 is 0 Å². The zero-order valence-electron chi connectivity index (χ0n) is 31.7. The van der Waals surface area contributed by atoms with E-state index in [0.29, 0.717) is 0 Å². The lowest BCUT2D eigenvalue weighted by atomic mass is 9.97. The summed E-state index contributed by atoms with van der Waals surface area (Å²) in [6.07, 6.45) is 0. The smallest absolute Gasteiger partial charge is 0.0640 e. The standard InChI is InChI=1S/C56H37NS/c1-3-10-38(11-4-1)42-18-22-48-36-44(20-24-46(48)34-42)40-26-30-50(31-27-40)57(54-16-9-15-53-52-14-7-8-17-55(52)58-56(53)54)51-32-28-41(29-33-51)45-21-25-47-35-43(19-23-49(47)37-45)39-12-5-2-6-13-39/h1-37H. The Hall–Kier alpha value is -7.26. The monoisotopic (exact) mass is 755 g/mol. The van der Waals surface area contributed by atoms with Crippen LogP contribution in [0.1, 0.15) is 0 Å². The molecular weight excluding hydrogens is 719 g/mol. The van der Waals surface area contributed by atoms with E-state index in [2.05, 4.69) is 229 Å². The molecule has 0 bridgehead atoms. The second-order valence-electron chi connectivity index (χ2n) is 15.0. The van der Waals surface area contributed by atoms with Gasteiger partial charge in [-0.2, -0.15) is 0 Å². The number of hydrogen-bond acceptors (Lipinski definition) is 2. The van der Waals surface area contributed by atoms with Gasteiger partial charge in [0, 0.05) is 26.8 Å². The van der Waals surface area contributed by atoms with Crippen LogP contribution in [0.25, 0.3) is 86.2 Å². The van der Waals surface area contributed by atoms with E-state index in [4.69, 9.17) is 0 Å². The van der Waals surface area contributed by atoms with Gasteiger partial charge in [0.15, 0.2) is 0 Å². The molecule has 1 heterocycles. The number of rotatable bonds is 7. The summed E-state index contributed by atoms with van der Waals surface area (Å²) >= 11 is 1.87. The Labute approximate surface area is 342 Å². The fraction of sp³-hybridized carbons (Fsp3) is 0. The van der Waals surface area contributed by atoms with Crippen LogP contribution in [0.4, 0.5) is 17.1 Å². The first-order chi connectivity index (χ1) is 28.7. The van der Waals surface area contributed by atoms with Crippen molar-refractivity contribution in [3.8, 4) is 44.5 Å². The Morgan fingerprint density at radius 2 is 0.655 bits per heavy atom. The summed E-state index contributed by atoms with van der Waals surface area (Å²) in [5, 5.41) is 7.55. The number of thiophene rings is 1. The summed E-state index contributed by atoms with van der Waals surface area (Å²) in [5.41, 5.74) is 13.2. The van der Waals surface area contributed by atoms with Gasteiger partial charge in [0.1, 0.15) is 0 Å². The first kappa shape index (κ1) is 34.0. The van der Waals surface area contributed by atoms with Crippen molar-refractivity contribution in [2.75, 3.05) is 4.90 Å². The number of nitrogens with zero attached hydrogens (tertiary/aromatic N) is 1. The number of benzene rings is 10. The lowest BCUT2D eigenvalue weighted by molar-refractivity contribution is 1.30. The van der Waals surface area contributed by atoms with Crippen LogP contribution in [0.15, 0.2) is 224 Å². The quantitative estimate of drug-likeness (QED) is 0.157. The molecule has 0 saturated carbocycles. The van der Waals surface area contributed by atoms with Gasteiger partial charge in [0.05, 0.1) is 10.4 Å². The lowest BCUT2D eigenvalue weighted by Crippen LogP contribution is -2.10. The van der Waals surface area contributed by atoms with Crippen molar-refractivity contribution < 1.29 is 0 Å². The first-order valence-corrected chi connectivity index (χ1v) is 20.6. The molecule has 0 amide bonds. The maximum Gasteiger partial charge on any atom is 0.0640 e. The van der Waals surface area contributed by atoms with E-state index in [9.17, 15) is 0 Å². The fourth-order valence-electron chi connectivity index (χ4n) is 8.41. The molecule has 0 aliphatic rings. The van der Waals surface area contributed by atoms with Gasteiger partial charge < -0.3 is 4.90 Å². The van der Waals surface area contributed by atoms with Crippen molar-refractivity contribution in [1.29, 1.82) is 0 Å². The maximum atomic E-state index is 2.42. The second-order valence-corrected chi connectivity index (χ2v) is 16.0. The molecule has 0 unspecified atom stereocenters.